The Labute approximate surface area is 178 Å². The third-order valence-electron chi connectivity index (χ3n) is 3.79. The number of carbonyl (C=O) groups is 4. The second-order valence-electron chi connectivity index (χ2n) is 6.64. The summed E-state index contributed by atoms with van der Waals surface area (Å²) < 4.78 is 72.9. The van der Waals surface area contributed by atoms with Gasteiger partial charge < -0.3 is 21.3 Å². The van der Waals surface area contributed by atoms with E-state index in [0.717, 1.165) is 19.9 Å². The van der Waals surface area contributed by atoms with Crippen LogP contribution in [0.1, 0.15) is 34.6 Å². The van der Waals surface area contributed by atoms with Gasteiger partial charge in [0.25, 0.3) is 11.8 Å². The van der Waals surface area contributed by atoms with Crippen molar-refractivity contribution in [2.24, 2.45) is 0 Å². The van der Waals surface area contributed by atoms with Gasteiger partial charge in [-0.1, -0.05) is 6.07 Å². The van der Waals surface area contributed by atoms with Crippen LogP contribution < -0.4 is 21.3 Å². The highest BCUT2D eigenvalue weighted by atomic mass is 19.4. The Morgan fingerprint density at radius 2 is 1.09 bits per heavy atom. The van der Waals surface area contributed by atoms with E-state index in [9.17, 15) is 45.5 Å². The van der Waals surface area contributed by atoms with E-state index in [1.165, 1.54) is 18.2 Å². The summed E-state index contributed by atoms with van der Waals surface area (Å²) in [4.78, 5) is 47.7. The highest BCUT2D eigenvalue weighted by molar-refractivity contribution is 6.02. The van der Waals surface area contributed by atoms with Gasteiger partial charge in [0.2, 0.25) is 11.8 Å². The number of alkyl halides is 6. The first-order valence-corrected chi connectivity index (χ1v) is 9.00. The number of hydrogen-bond donors (Lipinski definition) is 4. The fourth-order valence-corrected chi connectivity index (χ4v) is 2.17. The first kappa shape index (κ1) is 26.7. The Bertz CT molecular complexity index is 791. The largest absolute Gasteiger partial charge is 0.405 e. The molecule has 2 atom stereocenters. The molecule has 178 valence electrons. The zero-order valence-corrected chi connectivity index (χ0v) is 16.8. The zero-order valence-electron chi connectivity index (χ0n) is 16.8. The standard InChI is InChI=1S/C18H20F6N4O4/c1-9(13(29)25-7-17(19,20)21)27-15(31)11-4-3-5-12(6-11)16(32)28-10(2)14(30)26-8-18(22,23)24/h3-6,9-10H,7-8H2,1-2H3,(H,25,29)(H,26,30)(H,27,31)(H,28,32). The minimum atomic E-state index is -4.62. The number of benzene rings is 1. The second-order valence-corrected chi connectivity index (χ2v) is 6.64. The number of nitrogens with one attached hydrogen (secondary N) is 4. The molecule has 1 aromatic rings. The Balaban J connectivity index is 2.71. The lowest BCUT2D eigenvalue weighted by Crippen LogP contribution is -2.47. The maximum atomic E-state index is 12.2. The molecule has 0 aliphatic carbocycles. The number of hydrogen-bond acceptors (Lipinski definition) is 4. The summed E-state index contributed by atoms with van der Waals surface area (Å²) in [5.74, 6) is -3.90. The molecular formula is C18H20F6N4O4. The molecule has 14 heteroatoms. The first-order chi connectivity index (χ1) is 14.6. The quantitative estimate of drug-likeness (QED) is 0.429. The van der Waals surface area contributed by atoms with Crippen LogP contribution >= 0.6 is 0 Å². The maximum Gasteiger partial charge on any atom is 0.405 e. The minimum Gasteiger partial charge on any atom is -0.345 e. The molecule has 1 rings (SSSR count). The number of amides is 4. The van der Waals surface area contributed by atoms with Crippen LogP contribution in [0.4, 0.5) is 26.3 Å². The number of halogens is 6. The van der Waals surface area contributed by atoms with E-state index >= 15 is 0 Å². The molecule has 0 spiro atoms. The molecule has 32 heavy (non-hydrogen) atoms. The highest BCUT2D eigenvalue weighted by Gasteiger charge is 2.30. The molecule has 8 nitrogen and oxygen atoms in total. The van der Waals surface area contributed by atoms with Crippen LogP contribution in [0.3, 0.4) is 0 Å². The molecule has 0 heterocycles. The Hall–Kier alpha value is -3.32. The molecule has 4 amide bonds. The summed E-state index contributed by atoms with van der Waals surface area (Å²) in [6.45, 7) is -0.838. The molecule has 0 saturated carbocycles. The average Bonchev–Trinajstić information content (AvgIpc) is 2.68. The average molecular weight is 470 g/mol. The lowest BCUT2D eigenvalue weighted by atomic mass is 10.1. The molecule has 0 saturated heterocycles. The second kappa shape index (κ2) is 10.8. The van der Waals surface area contributed by atoms with Gasteiger partial charge in [-0.15, -0.1) is 0 Å². The van der Waals surface area contributed by atoms with Gasteiger partial charge in [-0.3, -0.25) is 19.2 Å². The molecule has 0 aromatic heterocycles. The summed E-state index contributed by atoms with van der Waals surface area (Å²) in [6.07, 6.45) is -9.25. The minimum absolute atomic E-state index is 0.123. The number of rotatable bonds is 8. The molecule has 0 fully saturated rings. The van der Waals surface area contributed by atoms with Crippen LogP contribution in [0.2, 0.25) is 0 Å². The van der Waals surface area contributed by atoms with Gasteiger partial charge in [-0.25, -0.2) is 0 Å². The number of carbonyl (C=O) groups excluding carboxylic acids is 4. The molecule has 0 aliphatic rings. The fraction of sp³-hybridized carbons (Fsp3) is 0.444. The van der Waals surface area contributed by atoms with Crippen LogP contribution in [-0.2, 0) is 9.59 Å². The smallest absolute Gasteiger partial charge is 0.345 e. The third-order valence-corrected chi connectivity index (χ3v) is 3.79. The SMILES string of the molecule is CC(NC(=O)c1cccc(C(=O)NC(C)C(=O)NCC(F)(F)F)c1)C(=O)NCC(F)(F)F. The van der Waals surface area contributed by atoms with Crippen molar-refractivity contribution in [2.75, 3.05) is 13.1 Å². The fourth-order valence-electron chi connectivity index (χ4n) is 2.17. The molecule has 0 radical (unpaired) electrons. The van der Waals surface area contributed by atoms with Gasteiger partial charge in [0.1, 0.15) is 25.2 Å². The van der Waals surface area contributed by atoms with Crippen molar-refractivity contribution in [1.82, 2.24) is 21.3 Å². The van der Waals surface area contributed by atoms with Crippen molar-refractivity contribution in [3.63, 3.8) is 0 Å². The van der Waals surface area contributed by atoms with Gasteiger partial charge in [0.15, 0.2) is 0 Å². The first-order valence-electron chi connectivity index (χ1n) is 9.00. The van der Waals surface area contributed by atoms with Crippen LogP contribution in [0.15, 0.2) is 24.3 Å². The Morgan fingerprint density at radius 3 is 1.41 bits per heavy atom. The maximum absolute atomic E-state index is 12.2. The summed E-state index contributed by atoms with van der Waals surface area (Å²) in [6, 6.07) is 2.23. The molecule has 0 aliphatic heterocycles. The molecule has 2 unspecified atom stereocenters. The van der Waals surface area contributed by atoms with Crippen LogP contribution in [0.5, 0.6) is 0 Å². The topological polar surface area (TPSA) is 116 Å². The van der Waals surface area contributed by atoms with Gasteiger partial charge in [-0.05, 0) is 32.0 Å². The molecule has 0 bridgehead atoms. The van der Waals surface area contributed by atoms with Crippen molar-refractivity contribution < 1.29 is 45.5 Å². The predicted molar refractivity (Wildman–Crippen MR) is 98.4 cm³/mol. The van der Waals surface area contributed by atoms with E-state index in [-0.39, 0.29) is 11.1 Å². The van der Waals surface area contributed by atoms with Crippen molar-refractivity contribution in [3.05, 3.63) is 35.4 Å². The Kier molecular flexibility index (Phi) is 9.03. The van der Waals surface area contributed by atoms with Gasteiger partial charge in [0.05, 0.1) is 0 Å². The zero-order chi connectivity index (χ0) is 24.7. The highest BCUT2D eigenvalue weighted by Crippen LogP contribution is 2.13. The monoisotopic (exact) mass is 470 g/mol. The van der Waals surface area contributed by atoms with E-state index in [1.807, 2.05) is 0 Å². The van der Waals surface area contributed by atoms with Gasteiger partial charge >= 0.3 is 12.4 Å². The van der Waals surface area contributed by atoms with E-state index in [1.54, 1.807) is 10.6 Å². The summed E-state index contributed by atoms with van der Waals surface area (Å²) in [5.41, 5.74) is -0.246. The molecular weight excluding hydrogens is 450 g/mol. The predicted octanol–water partition coefficient (Wildman–Crippen LogP) is 1.28. The van der Waals surface area contributed by atoms with E-state index in [0.29, 0.717) is 0 Å². The summed E-state index contributed by atoms with van der Waals surface area (Å²) >= 11 is 0. The lowest BCUT2D eigenvalue weighted by Gasteiger charge is -2.16. The van der Waals surface area contributed by atoms with E-state index in [4.69, 9.17) is 0 Å². The lowest BCUT2D eigenvalue weighted by molar-refractivity contribution is -0.139. The molecule has 4 N–H and O–H groups in total. The van der Waals surface area contributed by atoms with E-state index in [2.05, 4.69) is 10.6 Å². The van der Waals surface area contributed by atoms with Crippen LogP contribution in [0, 0.1) is 0 Å². The van der Waals surface area contributed by atoms with Crippen molar-refractivity contribution in [3.8, 4) is 0 Å². The van der Waals surface area contributed by atoms with Gasteiger partial charge in [-0.2, -0.15) is 26.3 Å². The van der Waals surface area contributed by atoms with Crippen molar-refractivity contribution in [2.45, 2.75) is 38.3 Å². The van der Waals surface area contributed by atoms with Crippen LogP contribution in [0.25, 0.3) is 0 Å². The summed E-state index contributed by atoms with van der Waals surface area (Å²) in [5, 5.41) is 7.55. The molecule has 1 aromatic carbocycles. The third kappa shape index (κ3) is 9.66. The summed E-state index contributed by atoms with van der Waals surface area (Å²) in [7, 11) is 0. The van der Waals surface area contributed by atoms with E-state index < -0.39 is 61.2 Å². The van der Waals surface area contributed by atoms with Crippen molar-refractivity contribution >= 4 is 23.6 Å². The Morgan fingerprint density at radius 1 is 0.750 bits per heavy atom. The van der Waals surface area contributed by atoms with Crippen LogP contribution in [-0.4, -0.2) is 61.2 Å². The van der Waals surface area contributed by atoms with Gasteiger partial charge in [0, 0.05) is 11.1 Å². The van der Waals surface area contributed by atoms with Crippen molar-refractivity contribution in [1.29, 1.82) is 0 Å². The normalized spacial score (nSPS) is 13.5.